The van der Waals surface area contributed by atoms with E-state index >= 15 is 0 Å². The van der Waals surface area contributed by atoms with E-state index in [-0.39, 0.29) is 5.28 Å². The highest BCUT2D eigenvalue weighted by Crippen LogP contribution is 2.17. The predicted molar refractivity (Wildman–Crippen MR) is 44.1 cm³/mol. The summed E-state index contributed by atoms with van der Waals surface area (Å²) in [6.45, 7) is 3.57. The molecule has 12 heavy (non-hydrogen) atoms. The van der Waals surface area contributed by atoms with Crippen molar-refractivity contribution in [2.24, 2.45) is 0 Å². The molecule has 0 saturated carbocycles. The van der Waals surface area contributed by atoms with Crippen molar-refractivity contribution in [1.82, 2.24) is 15.0 Å². The summed E-state index contributed by atoms with van der Waals surface area (Å²) >= 11 is 5.63. The van der Waals surface area contributed by atoms with E-state index in [2.05, 4.69) is 15.0 Å². The van der Waals surface area contributed by atoms with Gasteiger partial charge in [-0.05, 0) is 18.5 Å². The van der Waals surface area contributed by atoms with E-state index in [9.17, 15) is 0 Å². The minimum Gasteiger partial charge on any atom is -0.437 e. The van der Waals surface area contributed by atoms with Crippen molar-refractivity contribution >= 4 is 22.8 Å². The molecule has 0 unspecified atom stereocenters. The summed E-state index contributed by atoms with van der Waals surface area (Å²) in [6, 6.07) is 0. The van der Waals surface area contributed by atoms with Gasteiger partial charge in [-0.15, -0.1) is 0 Å². The Morgan fingerprint density at radius 1 is 1.17 bits per heavy atom. The van der Waals surface area contributed by atoms with E-state index in [1.165, 1.54) is 0 Å². The Kier molecular flexibility index (Phi) is 1.51. The molecule has 0 bridgehead atoms. The van der Waals surface area contributed by atoms with Crippen molar-refractivity contribution in [1.29, 1.82) is 0 Å². The zero-order valence-electron chi connectivity index (χ0n) is 6.63. The van der Waals surface area contributed by atoms with Crippen molar-refractivity contribution in [3.63, 3.8) is 0 Å². The summed E-state index contributed by atoms with van der Waals surface area (Å²) in [7, 11) is 0. The largest absolute Gasteiger partial charge is 0.437 e. The summed E-state index contributed by atoms with van der Waals surface area (Å²) in [5.74, 6) is 0.574. The standard InChI is InChI=1S/C7H6ClN3O/c1-3-5-6(10-4(2)12-5)11-7(8)9-3/h1-2H3. The first-order chi connectivity index (χ1) is 5.66. The number of rotatable bonds is 0. The first-order valence-electron chi connectivity index (χ1n) is 3.44. The minimum absolute atomic E-state index is 0.202. The molecular formula is C7H6ClN3O. The molecule has 2 heterocycles. The van der Waals surface area contributed by atoms with Crippen molar-refractivity contribution in [3.05, 3.63) is 16.9 Å². The van der Waals surface area contributed by atoms with Crippen LogP contribution in [0, 0.1) is 13.8 Å². The zero-order chi connectivity index (χ0) is 8.72. The number of oxazole rings is 1. The lowest BCUT2D eigenvalue weighted by atomic mass is 10.4. The van der Waals surface area contributed by atoms with Gasteiger partial charge in [-0.1, -0.05) is 0 Å². The van der Waals surface area contributed by atoms with Crippen molar-refractivity contribution < 1.29 is 4.42 Å². The van der Waals surface area contributed by atoms with Crippen LogP contribution in [0.5, 0.6) is 0 Å². The van der Waals surface area contributed by atoms with Crippen LogP contribution in [-0.4, -0.2) is 15.0 Å². The molecule has 0 aliphatic rings. The number of fused-ring (bicyclic) bond motifs is 1. The van der Waals surface area contributed by atoms with Crippen molar-refractivity contribution in [2.75, 3.05) is 0 Å². The van der Waals surface area contributed by atoms with Crippen LogP contribution in [0.1, 0.15) is 11.6 Å². The van der Waals surface area contributed by atoms with E-state index in [0.29, 0.717) is 22.8 Å². The maximum Gasteiger partial charge on any atom is 0.224 e. The maximum atomic E-state index is 5.63. The second-order valence-electron chi connectivity index (χ2n) is 2.46. The Morgan fingerprint density at radius 2 is 1.92 bits per heavy atom. The molecule has 5 heteroatoms. The van der Waals surface area contributed by atoms with Crippen LogP contribution in [0.4, 0.5) is 0 Å². The molecular weight excluding hydrogens is 178 g/mol. The summed E-state index contributed by atoms with van der Waals surface area (Å²) < 4.78 is 5.26. The second kappa shape index (κ2) is 2.42. The predicted octanol–water partition coefficient (Wildman–Crippen LogP) is 1.89. The fourth-order valence-corrected chi connectivity index (χ4v) is 1.24. The van der Waals surface area contributed by atoms with E-state index in [1.54, 1.807) is 13.8 Å². The molecule has 0 aliphatic carbocycles. The van der Waals surface area contributed by atoms with Crippen LogP contribution in [0.25, 0.3) is 11.2 Å². The van der Waals surface area contributed by atoms with E-state index in [0.717, 1.165) is 0 Å². The molecule has 0 fully saturated rings. The summed E-state index contributed by atoms with van der Waals surface area (Å²) in [5.41, 5.74) is 1.84. The fourth-order valence-electron chi connectivity index (χ4n) is 1.03. The van der Waals surface area contributed by atoms with Crippen LogP contribution < -0.4 is 0 Å². The van der Waals surface area contributed by atoms with Gasteiger partial charge in [0.05, 0.1) is 5.69 Å². The monoisotopic (exact) mass is 183 g/mol. The van der Waals surface area contributed by atoms with Gasteiger partial charge >= 0.3 is 0 Å². The third-order valence-electron chi connectivity index (χ3n) is 1.50. The first kappa shape index (κ1) is 7.49. The zero-order valence-corrected chi connectivity index (χ0v) is 7.38. The summed E-state index contributed by atoms with van der Waals surface area (Å²) in [5, 5.41) is 0.202. The molecule has 0 aromatic carbocycles. The Hall–Kier alpha value is -1.16. The molecule has 62 valence electrons. The molecule has 0 aliphatic heterocycles. The third-order valence-corrected chi connectivity index (χ3v) is 1.67. The van der Waals surface area contributed by atoms with Gasteiger partial charge in [-0.3, -0.25) is 0 Å². The van der Waals surface area contributed by atoms with Crippen LogP contribution >= 0.6 is 11.6 Å². The molecule has 0 amide bonds. The van der Waals surface area contributed by atoms with Crippen LogP contribution in [-0.2, 0) is 0 Å². The molecule has 0 atom stereocenters. The normalized spacial score (nSPS) is 10.9. The summed E-state index contributed by atoms with van der Waals surface area (Å²) in [4.78, 5) is 11.9. The average Bonchev–Trinajstić information content (AvgIpc) is 2.29. The van der Waals surface area contributed by atoms with Crippen LogP contribution in [0.2, 0.25) is 5.28 Å². The van der Waals surface area contributed by atoms with Crippen LogP contribution in [0.3, 0.4) is 0 Å². The van der Waals surface area contributed by atoms with E-state index < -0.39 is 0 Å². The highest BCUT2D eigenvalue weighted by Gasteiger charge is 2.08. The van der Waals surface area contributed by atoms with Crippen molar-refractivity contribution in [2.45, 2.75) is 13.8 Å². The SMILES string of the molecule is Cc1nc2nc(Cl)nc(C)c2o1. The highest BCUT2D eigenvalue weighted by atomic mass is 35.5. The summed E-state index contributed by atoms with van der Waals surface area (Å²) in [6.07, 6.45) is 0. The third kappa shape index (κ3) is 1.04. The quantitative estimate of drug-likeness (QED) is 0.586. The lowest BCUT2D eigenvalue weighted by molar-refractivity contribution is 0.557. The Balaban J connectivity index is 2.88. The molecule has 2 aromatic rings. The molecule has 0 saturated heterocycles. The van der Waals surface area contributed by atoms with Gasteiger partial charge in [-0.25, -0.2) is 4.98 Å². The van der Waals surface area contributed by atoms with Gasteiger partial charge in [-0.2, -0.15) is 9.97 Å². The number of halogens is 1. The fraction of sp³-hybridized carbons (Fsp3) is 0.286. The Bertz CT molecular complexity index is 437. The van der Waals surface area contributed by atoms with Crippen molar-refractivity contribution in [3.8, 4) is 0 Å². The van der Waals surface area contributed by atoms with Gasteiger partial charge < -0.3 is 4.42 Å². The van der Waals surface area contributed by atoms with Gasteiger partial charge in [0.2, 0.25) is 10.9 Å². The number of hydrogen-bond acceptors (Lipinski definition) is 4. The number of nitrogens with zero attached hydrogens (tertiary/aromatic N) is 3. The number of aromatic nitrogens is 3. The molecule has 0 N–H and O–H groups in total. The minimum atomic E-state index is 0.202. The average molecular weight is 184 g/mol. The van der Waals surface area contributed by atoms with Crippen LogP contribution in [0.15, 0.2) is 4.42 Å². The lowest BCUT2D eigenvalue weighted by Crippen LogP contribution is -1.87. The van der Waals surface area contributed by atoms with Gasteiger partial charge in [0.25, 0.3) is 0 Å². The molecule has 0 radical (unpaired) electrons. The van der Waals surface area contributed by atoms with Gasteiger partial charge in [0, 0.05) is 6.92 Å². The smallest absolute Gasteiger partial charge is 0.224 e. The maximum absolute atomic E-state index is 5.63. The van der Waals surface area contributed by atoms with Gasteiger partial charge in [0.15, 0.2) is 11.5 Å². The van der Waals surface area contributed by atoms with Gasteiger partial charge in [0.1, 0.15) is 0 Å². The highest BCUT2D eigenvalue weighted by molar-refractivity contribution is 6.28. The van der Waals surface area contributed by atoms with E-state index in [4.69, 9.17) is 16.0 Å². The second-order valence-corrected chi connectivity index (χ2v) is 2.80. The topological polar surface area (TPSA) is 51.8 Å². The molecule has 2 rings (SSSR count). The van der Waals surface area contributed by atoms with E-state index in [1.807, 2.05) is 0 Å². The number of aryl methyl sites for hydroxylation is 2. The molecule has 4 nitrogen and oxygen atoms in total. The molecule has 0 spiro atoms. The molecule has 2 aromatic heterocycles. The Labute approximate surface area is 73.6 Å². The lowest BCUT2D eigenvalue weighted by Gasteiger charge is -1.91. The Morgan fingerprint density at radius 3 is 2.67 bits per heavy atom. The number of hydrogen-bond donors (Lipinski definition) is 0. The first-order valence-corrected chi connectivity index (χ1v) is 3.82.